The second-order valence-electron chi connectivity index (χ2n) is 6.83. The molecule has 0 fully saturated rings. The quantitative estimate of drug-likeness (QED) is 0.451. The topological polar surface area (TPSA) is 64.9 Å². The van der Waals surface area contributed by atoms with Crippen molar-refractivity contribution in [3.63, 3.8) is 0 Å². The molecule has 0 aliphatic heterocycles. The molecule has 0 saturated heterocycles. The number of benzene rings is 1. The number of hydrogen-bond acceptors (Lipinski definition) is 4. The van der Waals surface area contributed by atoms with E-state index in [1.54, 1.807) is 0 Å². The number of rotatable bonds is 13. The lowest BCUT2D eigenvalue weighted by molar-refractivity contribution is 0.376. The number of halogens is 1. The second kappa shape index (κ2) is 13.8. The van der Waals surface area contributed by atoms with Crippen molar-refractivity contribution in [1.29, 1.82) is 0 Å². The van der Waals surface area contributed by atoms with E-state index in [-0.39, 0.29) is 12.4 Å². The lowest BCUT2D eigenvalue weighted by Crippen LogP contribution is -2.00. The van der Waals surface area contributed by atoms with Crippen molar-refractivity contribution in [2.45, 2.75) is 77.6 Å². The molecule has 2 aromatic rings. The summed E-state index contributed by atoms with van der Waals surface area (Å²) in [7, 11) is 0. The maximum absolute atomic E-state index is 5.52. The minimum atomic E-state index is 0. The molecule has 5 heteroatoms. The molecule has 1 aromatic heterocycles. The molecule has 1 aromatic carbocycles. The summed E-state index contributed by atoms with van der Waals surface area (Å²) in [4.78, 5) is 4.47. The summed E-state index contributed by atoms with van der Waals surface area (Å²) < 4.78 is 5.30. The molecular weight excluding hydrogens is 346 g/mol. The van der Waals surface area contributed by atoms with Crippen LogP contribution in [0.15, 0.2) is 28.8 Å². The van der Waals surface area contributed by atoms with Gasteiger partial charge in [-0.15, -0.1) is 12.4 Å². The third kappa shape index (κ3) is 8.33. The van der Waals surface area contributed by atoms with E-state index in [2.05, 4.69) is 41.3 Å². The van der Waals surface area contributed by atoms with Crippen LogP contribution in [0.3, 0.4) is 0 Å². The van der Waals surface area contributed by atoms with E-state index in [0.29, 0.717) is 18.3 Å². The van der Waals surface area contributed by atoms with Gasteiger partial charge in [0.25, 0.3) is 0 Å². The molecule has 146 valence electrons. The average Bonchev–Trinajstić information content (AvgIpc) is 3.11. The van der Waals surface area contributed by atoms with E-state index < -0.39 is 0 Å². The summed E-state index contributed by atoms with van der Waals surface area (Å²) in [5.41, 5.74) is 7.92. The zero-order chi connectivity index (χ0) is 17.7. The summed E-state index contributed by atoms with van der Waals surface area (Å²) in [5.74, 6) is 1.36. The van der Waals surface area contributed by atoms with Crippen LogP contribution in [0.1, 0.15) is 76.2 Å². The summed E-state index contributed by atoms with van der Waals surface area (Å²) >= 11 is 0. The van der Waals surface area contributed by atoms with Gasteiger partial charge in [0.1, 0.15) is 0 Å². The number of aromatic nitrogens is 2. The van der Waals surface area contributed by atoms with Crippen LogP contribution in [0.4, 0.5) is 0 Å². The first-order valence-corrected chi connectivity index (χ1v) is 9.95. The van der Waals surface area contributed by atoms with Gasteiger partial charge in [-0.2, -0.15) is 4.98 Å². The van der Waals surface area contributed by atoms with Crippen molar-refractivity contribution in [2.24, 2.45) is 5.73 Å². The number of hydrogen-bond donors (Lipinski definition) is 1. The Hall–Kier alpha value is -1.39. The van der Waals surface area contributed by atoms with Crippen LogP contribution in [-0.2, 0) is 12.8 Å². The zero-order valence-corrected chi connectivity index (χ0v) is 16.9. The van der Waals surface area contributed by atoms with Crippen LogP contribution in [0.2, 0.25) is 0 Å². The number of unbranched alkanes of at least 4 members (excludes halogenated alkanes) is 7. The molecule has 0 aliphatic rings. The minimum absolute atomic E-state index is 0. The van der Waals surface area contributed by atoms with Crippen molar-refractivity contribution in [1.82, 2.24) is 10.1 Å². The third-order valence-corrected chi connectivity index (χ3v) is 4.57. The molecule has 0 saturated carbocycles. The largest absolute Gasteiger partial charge is 0.339 e. The van der Waals surface area contributed by atoms with Gasteiger partial charge in [-0.3, -0.25) is 0 Å². The van der Waals surface area contributed by atoms with E-state index >= 15 is 0 Å². The number of nitrogens with two attached hydrogens (primary N) is 1. The van der Waals surface area contributed by atoms with Crippen LogP contribution in [0.25, 0.3) is 11.4 Å². The highest BCUT2D eigenvalue weighted by Gasteiger charge is 2.08. The summed E-state index contributed by atoms with van der Waals surface area (Å²) in [6.45, 7) is 2.91. The Kier molecular flexibility index (Phi) is 12.0. The Morgan fingerprint density at radius 1 is 0.923 bits per heavy atom. The fourth-order valence-corrected chi connectivity index (χ4v) is 3.06. The standard InChI is InChI=1S/C21H33N3O.ClH/c1-2-3-4-5-6-7-8-9-12-18-13-10-14-19(17-18)21-23-20(25-24-21)15-11-16-22;/h10,13-14,17H,2-9,11-12,15-16,22H2,1H3;1H. The van der Waals surface area contributed by atoms with Crippen LogP contribution >= 0.6 is 12.4 Å². The minimum Gasteiger partial charge on any atom is -0.339 e. The molecule has 0 bridgehead atoms. The van der Waals surface area contributed by atoms with Gasteiger partial charge >= 0.3 is 0 Å². The Labute approximate surface area is 164 Å². The maximum Gasteiger partial charge on any atom is 0.227 e. The van der Waals surface area contributed by atoms with Crippen LogP contribution in [0, 0.1) is 0 Å². The van der Waals surface area contributed by atoms with Gasteiger partial charge in [0.05, 0.1) is 0 Å². The van der Waals surface area contributed by atoms with E-state index in [1.165, 1.54) is 56.9 Å². The van der Waals surface area contributed by atoms with Gasteiger partial charge in [-0.25, -0.2) is 0 Å². The molecule has 0 unspecified atom stereocenters. The van der Waals surface area contributed by atoms with Crippen molar-refractivity contribution in [3.8, 4) is 11.4 Å². The van der Waals surface area contributed by atoms with E-state index in [9.17, 15) is 0 Å². The lowest BCUT2D eigenvalue weighted by Gasteiger charge is -2.04. The van der Waals surface area contributed by atoms with E-state index in [4.69, 9.17) is 10.3 Å². The molecule has 4 nitrogen and oxygen atoms in total. The Balaban J connectivity index is 0.00000338. The molecule has 1 heterocycles. The highest BCUT2D eigenvalue weighted by molar-refractivity contribution is 5.85. The highest BCUT2D eigenvalue weighted by atomic mass is 35.5. The summed E-state index contributed by atoms with van der Waals surface area (Å²) in [5, 5.41) is 4.10. The van der Waals surface area contributed by atoms with Gasteiger partial charge in [-0.05, 0) is 37.4 Å². The van der Waals surface area contributed by atoms with Gasteiger partial charge in [0, 0.05) is 12.0 Å². The van der Waals surface area contributed by atoms with Crippen molar-refractivity contribution in [2.75, 3.05) is 6.54 Å². The average molecular weight is 380 g/mol. The van der Waals surface area contributed by atoms with Crippen molar-refractivity contribution in [3.05, 3.63) is 35.7 Å². The smallest absolute Gasteiger partial charge is 0.227 e. The second-order valence-corrected chi connectivity index (χ2v) is 6.83. The molecule has 0 atom stereocenters. The highest BCUT2D eigenvalue weighted by Crippen LogP contribution is 2.19. The SMILES string of the molecule is CCCCCCCCCCc1cccc(-c2noc(CCCN)n2)c1.Cl. The first-order valence-electron chi connectivity index (χ1n) is 9.95. The predicted octanol–water partition coefficient (Wildman–Crippen LogP) is 5.73. The normalized spacial score (nSPS) is 10.7. The number of aryl methyl sites for hydroxylation is 2. The van der Waals surface area contributed by atoms with Crippen molar-refractivity contribution >= 4 is 12.4 Å². The predicted molar refractivity (Wildman–Crippen MR) is 111 cm³/mol. The molecule has 0 aliphatic carbocycles. The molecule has 0 amide bonds. The van der Waals surface area contributed by atoms with Gasteiger partial charge in [0.2, 0.25) is 11.7 Å². The zero-order valence-electron chi connectivity index (χ0n) is 16.1. The van der Waals surface area contributed by atoms with Crippen LogP contribution in [-0.4, -0.2) is 16.7 Å². The van der Waals surface area contributed by atoms with Crippen LogP contribution in [0.5, 0.6) is 0 Å². The third-order valence-electron chi connectivity index (χ3n) is 4.57. The van der Waals surface area contributed by atoms with E-state index in [0.717, 1.165) is 24.8 Å². The lowest BCUT2D eigenvalue weighted by atomic mass is 10.0. The molecular formula is C21H34ClN3O. The van der Waals surface area contributed by atoms with Gasteiger partial charge in [0.15, 0.2) is 0 Å². The molecule has 2 rings (SSSR count). The van der Waals surface area contributed by atoms with Crippen LogP contribution < -0.4 is 5.73 Å². The first-order chi connectivity index (χ1) is 12.3. The van der Waals surface area contributed by atoms with E-state index in [1.807, 2.05) is 0 Å². The fourth-order valence-electron chi connectivity index (χ4n) is 3.06. The van der Waals surface area contributed by atoms with Crippen molar-refractivity contribution < 1.29 is 4.52 Å². The summed E-state index contributed by atoms with van der Waals surface area (Å²) in [6.07, 6.45) is 13.6. The molecule has 0 radical (unpaired) electrons. The monoisotopic (exact) mass is 379 g/mol. The molecule has 2 N–H and O–H groups in total. The fraction of sp³-hybridized carbons (Fsp3) is 0.619. The summed E-state index contributed by atoms with van der Waals surface area (Å²) in [6, 6.07) is 8.53. The van der Waals surface area contributed by atoms with Gasteiger partial charge < -0.3 is 10.3 Å². The number of nitrogens with zero attached hydrogens (tertiary/aromatic N) is 2. The Morgan fingerprint density at radius 3 is 2.38 bits per heavy atom. The Morgan fingerprint density at radius 2 is 1.65 bits per heavy atom. The van der Waals surface area contributed by atoms with Gasteiger partial charge in [-0.1, -0.05) is 75.2 Å². The first kappa shape index (κ1) is 22.7. The maximum atomic E-state index is 5.52. The Bertz CT molecular complexity index is 600. The molecule has 0 spiro atoms. The molecule has 26 heavy (non-hydrogen) atoms.